The highest BCUT2D eigenvalue weighted by Gasteiger charge is 2.18. The highest BCUT2D eigenvalue weighted by Crippen LogP contribution is 2.20. The number of nitrogens with zero attached hydrogens (tertiary/aromatic N) is 1. The van der Waals surface area contributed by atoms with Crippen molar-refractivity contribution < 1.29 is 0 Å². The second-order valence-corrected chi connectivity index (χ2v) is 2.53. The summed E-state index contributed by atoms with van der Waals surface area (Å²) in [6.45, 7) is 0. The second-order valence-electron chi connectivity index (χ2n) is 2.53. The summed E-state index contributed by atoms with van der Waals surface area (Å²) >= 11 is 0. The summed E-state index contributed by atoms with van der Waals surface area (Å²) in [6, 6.07) is 0.485. The predicted molar refractivity (Wildman–Crippen MR) is 37.3 cm³/mol. The van der Waals surface area contributed by atoms with Crippen molar-refractivity contribution in [1.82, 2.24) is 5.32 Å². The quantitative estimate of drug-likeness (QED) is 0.510. The smallest absolute Gasteiger partial charge is 0.0912 e. The van der Waals surface area contributed by atoms with E-state index < -0.39 is 0 Å². The third-order valence-electron chi connectivity index (χ3n) is 1.89. The molecular formula is C7H10N2. The average molecular weight is 122 g/mol. The molecule has 0 aromatic heterocycles. The molecule has 1 aliphatic heterocycles. The van der Waals surface area contributed by atoms with E-state index in [1.807, 2.05) is 6.34 Å². The van der Waals surface area contributed by atoms with Gasteiger partial charge in [0.1, 0.15) is 0 Å². The summed E-state index contributed by atoms with van der Waals surface area (Å²) in [5.41, 5.74) is 1.32. The first-order chi connectivity index (χ1) is 4.47. The number of nitrogens with one attached hydrogen (secondary N) is 1. The van der Waals surface area contributed by atoms with E-state index in [0.717, 1.165) is 0 Å². The zero-order valence-electron chi connectivity index (χ0n) is 5.30. The van der Waals surface area contributed by atoms with Gasteiger partial charge in [-0.05, 0) is 19.3 Å². The molecule has 0 fully saturated rings. The van der Waals surface area contributed by atoms with Crippen LogP contribution in [0.3, 0.4) is 0 Å². The SMILES string of the molecule is C1=NC2CCCC=C2N1. The number of aliphatic imine (C=N–C) groups is 1. The van der Waals surface area contributed by atoms with Crippen LogP contribution in [0.25, 0.3) is 0 Å². The Morgan fingerprint density at radius 3 is 3.56 bits per heavy atom. The van der Waals surface area contributed by atoms with Gasteiger partial charge in [-0.25, -0.2) is 0 Å². The molecule has 0 amide bonds. The van der Waals surface area contributed by atoms with Crippen molar-refractivity contribution in [2.75, 3.05) is 0 Å². The number of hydrogen-bond donors (Lipinski definition) is 1. The van der Waals surface area contributed by atoms with Crippen molar-refractivity contribution in [2.24, 2.45) is 4.99 Å². The van der Waals surface area contributed by atoms with Gasteiger partial charge in [0.25, 0.3) is 0 Å². The van der Waals surface area contributed by atoms with E-state index in [9.17, 15) is 0 Å². The summed E-state index contributed by atoms with van der Waals surface area (Å²) in [4.78, 5) is 4.25. The van der Waals surface area contributed by atoms with Gasteiger partial charge in [-0.1, -0.05) is 6.08 Å². The molecule has 2 nitrogen and oxygen atoms in total. The van der Waals surface area contributed by atoms with Gasteiger partial charge in [-0.15, -0.1) is 0 Å². The minimum Gasteiger partial charge on any atom is -0.349 e. The zero-order chi connectivity index (χ0) is 6.10. The lowest BCUT2D eigenvalue weighted by molar-refractivity contribution is 0.620. The summed E-state index contributed by atoms with van der Waals surface area (Å²) in [7, 11) is 0. The van der Waals surface area contributed by atoms with Crippen LogP contribution >= 0.6 is 0 Å². The standard InChI is InChI=1S/C7H10N2/c1-2-4-7-6(3-1)8-5-9-7/h3,5,7H,1-2,4H2,(H,8,9). The van der Waals surface area contributed by atoms with E-state index >= 15 is 0 Å². The number of allylic oxidation sites excluding steroid dienone is 1. The molecule has 0 bridgehead atoms. The molecule has 9 heavy (non-hydrogen) atoms. The molecule has 1 heterocycles. The molecular weight excluding hydrogens is 112 g/mol. The molecule has 1 unspecified atom stereocenters. The number of fused-ring (bicyclic) bond motifs is 1. The number of rotatable bonds is 0. The third kappa shape index (κ3) is 0.745. The Balaban J connectivity index is 2.22. The molecule has 0 spiro atoms. The van der Waals surface area contributed by atoms with Crippen LogP contribution in [-0.4, -0.2) is 12.4 Å². The Morgan fingerprint density at radius 1 is 1.67 bits per heavy atom. The van der Waals surface area contributed by atoms with Crippen LogP contribution in [-0.2, 0) is 0 Å². The normalized spacial score (nSPS) is 31.1. The summed E-state index contributed by atoms with van der Waals surface area (Å²) < 4.78 is 0. The molecule has 2 heteroatoms. The van der Waals surface area contributed by atoms with Crippen LogP contribution in [0.1, 0.15) is 19.3 Å². The maximum Gasteiger partial charge on any atom is 0.0912 e. The fourth-order valence-corrected chi connectivity index (χ4v) is 1.37. The lowest BCUT2D eigenvalue weighted by Gasteiger charge is -2.13. The van der Waals surface area contributed by atoms with Crippen LogP contribution in [0.15, 0.2) is 16.8 Å². The maximum atomic E-state index is 4.25. The van der Waals surface area contributed by atoms with Crippen molar-refractivity contribution in [1.29, 1.82) is 0 Å². The van der Waals surface area contributed by atoms with E-state index in [-0.39, 0.29) is 0 Å². The highest BCUT2D eigenvalue weighted by atomic mass is 15.1. The fourth-order valence-electron chi connectivity index (χ4n) is 1.37. The molecule has 48 valence electrons. The largest absolute Gasteiger partial charge is 0.349 e. The molecule has 0 saturated heterocycles. The zero-order valence-corrected chi connectivity index (χ0v) is 5.30. The lowest BCUT2D eigenvalue weighted by atomic mass is 10.0. The van der Waals surface area contributed by atoms with Crippen molar-refractivity contribution in [2.45, 2.75) is 25.3 Å². The van der Waals surface area contributed by atoms with E-state index in [2.05, 4.69) is 16.4 Å². The van der Waals surface area contributed by atoms with Crippen molar-refractivity contribution in [3.8, 4) is 0 Å². The Bertz CT molecular complexity index is 170. The maximum absolute atomic E-state index is 4.25. The first-order valence-corrected chi connectivity index (χ1v) is 3.45. The Hall–Kier alpha value is -0.790. The van der Waals surface area contributed by atoms with E-state index in [1.165, 1.54) is 25.0 Å². The minimum absolute atomic E-state index is 0.485. The molecule has 0 aromatic carbocycles. The van der Waals surface area contributed by atoms with Gasteiger partial charge in [0.2, 0.25) is 0 Å². The molecule has 1 N–H and O–H groups in total. The molecule has 1 aliphatic carbocycles. The second kappa shape index (κ2) is 1.87. The highest BCUT2D eigenvalue weighted by molar-refractivity contribution is 5.62. The van der Waals surface area contributed by atoms with Gasteiger partial charge >= 0.3 is 0 Å². The first kappa shape index (κ1) is 5.03. The molecule has 0 radical (unpaired) electrons. The average Bonchev–Trinajstić information content (AvgIpc) is 2.33. The molecule has 0 saturated carbocycles. The van der Waals surface area contributed by atoms with E-state index in [1.54, 1.807) is 0 Å². The molecule has 2 aliphatic rings. The van der Waals surface area contributed by atoms with Crippen LogP contribution < -0.4 is 5.32 Å². The van der Waals surface area contributed by atoms with Gasteiger partial charge in [0.15, 0.2) is 0 Å². The van der Waals surface area contributed by atoms with E-state index in [0.29, 0.717) is 6.04 Å². The van der Waals surface area contributed by atoms with Crippen LogP contribution in [0.5, 0.6) is 0 Å². The minimum atomic E-state index is 0.485. The monoisotopic (exact) mass is 122 g/mol. The molecule has 2 rings (SSSR count). The van der Waals surface area contributed by atoms with Crippen molar-refractivity contribution in [3.05, 3.63) is 11.8 Å². The molecule has 0 aromatic rings. The van der Waals surface area contributed by atoms with Gasteiger partial charge < -0.3 is 5.32 Å². The summed E-state index contributed by atoms with van der Waals surface area (Å²) in [6.07, 6.45) is 7.81. The Kier molecular flexibility index (Phi) is 1.04. The van der Waals surface area contributed by atoms with Crippen molar-refractivity contribution in [3.63, 3.8) is 0 Å². The van der Waals surface area contributed by atoms with Gasteiger partial charge in [0.05, 0.1) is 12.4 Å². The Morgan fingerprint density at radius 2 is 2.67 bits per heavy atom. The van der Waals surface area contributed by atoms with Crippen LogP contribution in [0, 0.1) is 0 Å². The van der Waals surface area contributed by atoms with Crippen LogP contribution in [0.2, 0.25) is 0 Å². The molecule has 1 atom stereocenters. The van der Waals surface area contributed by atoms with Gasteiger partial charge in [-0.2, -0.15) is 0 Å². The summed E-state index contributed by atoms with van der Waals surface area (Å²) in [5.74, 6) is 0. The number of hydrogen-bond acceptors (Lipinski definition) is 2. The predicted octanol–water partition coefficient (Wildman–Crippen LogP) is 1.05. The Labute approximate surface area is 54.7 Å². The van der Waals surface area contributed by atoms with Gasteiger partial charge in [0, 0.05) is 5.70 Å². The summed E-state index contributed by atoms with van der Waals surface area (Å²) in [5, 5.41) is 3.13. The topological polar surface area (TPSA) is 24.4 Å². The van der Waals surface area contributed by atoms with Crippen molar-refractivity contribution >= 4 is 6.34 Å². The third-order valence-corrected chi connectivity index (χ3v) is 1.89. The fraction of sp³-hybridized carbons (Fsp3) is 0.571. The first-order valence-electron chi connectivity index (χ1n) is 3.45. The van der Waals surface area contributed by atoms with Gasteiger partial charge in [-0.3, -0.25) is 4.99 Å². The van der Waals surface area contributed by atoms with Crippen LogP contribution in [0.4, 0.5) is 0 Å². The lowest BCUT2D eigenvalue weighted by Crippen LogP contribution is -2.15. The van der Waals surface area contributed by atoms with E-state index in [4.69, 9.17) is 0 Å².